The Morgan fingerprint density at radius 2 is 1.94 bits per heavy atom. The summed E-state index contributed by atoms with van der Waals surface area (Å²) in [5.41, 5.74) is 0.405. The average molecular weight is 514 g/mol. The molecule has 0 aromatic carbocycles. The van der Waals surface area contributed by atoms with Gasteiger partial charge in [0.2, 0.25) is 0 Å². The SMILES string of the molecule is CCC1(C(CCCN2CC[C@@H](Cl)[C@@H]2CC=CCCCC(=O)OC)O[Si](C)(C)C(C)(C)C)CCC1. The first-order chi connectivity index (χ1) is 16.0. The van der Waals surface area contributed by atoms with Gasteiger partial charge in [0.05, 0.1) is 18.6 Å². The van der Waals surface area contributed by atoms with Crippen molar-refractivity contribution in [1.29, 1.82) is 0 Å². The van der Waals surface area contributed by atoms with Crippen LogP contribution in [0.2, 0.25) is 18.1 Å². The van der Waals surface area contributed by atoms with Crippen LogP contribution in [0.15, 0.2) is 12.2 Å². The van der Waals surface area contributed by atoms with Crippen molar-refractivity contribution in [2.75, 3.05) is 20.2 Å². The van der Waals surface area contributed by atoms with Crippen molar-refractivity contribution in [3.8, 4) is 0 Å². The number of likely N-dealkylation sites (tertiary alicyclic amines) is 1. The zero-order valence-corrected chi connectivity index (χ0v) is 24.9. The molecule has 0 radical (unpaired) electrons. The van der Waals surface area contributed by atoms with E-state index in [1.54, 1.807) is 0 Å². The van der Waals surface area contributed by atoms with Gasteiger partial charge in [-0.2, -0.15) is 0 Å². The van der Waals surface area contributed by atoms with Gasteiger partial charge in [0.25, 0.3) is 0 Å². The third-order valence-corrected chi connectivity index (χ3v) is 14.0. The number of alkyl halides is 1. The fourth-order valence-electron chi connectivity index (χ4n) is 5.31. The Balaban J connectivity index is 1.88. The molecule has 1 saturated carbocycles. The maximum absolute atomic E-state index is 11.2. The number of rotatable bonds is 14. The highest BCUT2D eigenvalue weighted by atomic mass is 35.5. The standard InChI is InChI=1S/C28H52ClNO3Si/c1-8-28(19-14-20-28)25(33-34(6,7)27(2,3)4)16-13-21-30-22-18-23(29)24(30)15-11-9-10-12-17-26(31)32-5/h9,11,23-25H,8,10,12-22H2,1-7H3/t23-,24+,25?/m1/s1. The number of allylic oxidation sites excluding steroid dienone is 1. The lowest BCUT2D eigenvalue weighted by atomic mass is 9.62. The Morgan fingerprint density at radius 1 is 1.24 bits per heavy atom. The van der Waals surface area contributed by atoms with Gasteiger partial charge in [0.15, 0.2) is 8.32 Å². The van der Waals surface area contributed by atoms with Gasteiger partial charge in [-0.15, -0.1) is 11.6 Å². The average Bonchev–Trinajstić information content (AvgIpc) is 3.08. The lowest BCUT2D eigenvalue weighted by molar-refractivity contribution is -0.140. The minimum absolute atomic E-state index is 0.126. The van der Waals surface area contributed by atoms with E-state index in [4.69, 9.17) is 20.8 Å². The first-order valence-corrected chi connectivity index (χ1v) is 17.1. The van der Waals surface area contributed by atoms with Gasteiger partial charge in [-0.3, -0.25) is 9.69 Å². The highest BCUT2D eigenvalue weighted by molar-refractivity contribution is 6.74. The minimum Gasteiger partial charge on any atom is -0.469 e. The van der Waals surface area contributed by atoms with Crippen LogP contribution in [0.5, 0.6) is 0 Å². The summed E-state index contributed by atoms with van der Waals surface area (Å²) in [5, 5.41) is 0.478. The van der Waals surface area contributed by atoms with Gasteiger partial charge in [0.1, 0.15) is 0 Å². The quantitative estimate of drug-likeness (QED) is 0.0783. The van der Waals surface area contributed by atoms with Crippen molar-refractivity contribution in [2.24, 2.45) is 5.41 Å². The topological polar surface area (TPSA) is 38.8 Å². The molecule has 1 saturated heterocycles. The van der Waals surface area contributed by atoms with E-state index in [2.05, 4.69) is 57.8 Å². The number of hydrogen-bond donors (Lipinski definition) is 0. The number of carbonyl (C=O) groups is 1. The first kappa shape index (κ1) is 29.9. The molecule has 0 aromatic rings. The highest BCUT2D eigenvalue weighted by Crippen LogP contribution is 2.51. The van der Waals surface area contributed by atoms with E-state index in [1.807, 2.05) is 0 Å². The molecule has 0 aromatic heterocycles. The summed E-state index contributed by atoms with van der Waals surface area (Å²) in [6.45, 7) is 16.5. The zero-order valence-electron chi connectivity index (χ0n) is 23.1. The molecule has 2 aliphatic rings. The van der Waals surface area contributed by atoms with E-state index >= 15 is 0 Å². The summed E-state index contributed by atoms with van der Waals surface area (Å²) in [4.78, 5) is 13.9. The predicted octanol–water partition coefficient (Wildman–Crippen LogP) is 7.71. The number of methoxy groups -OCH3 is 1. The largest absolute Gasteiger partial charge is 0.469 e. The van der Waals surface area contributed by atoms with E-state index in [9.17, 15) is 4.79 Å². The van der Waals surface area contributed by atoms with Crippen molar-refractivity contribution in [1.82, 2.24) is 4.90 Å². The smallest absolute Gasteiger partial charge is 0.305 e. The molecule has 1 heterocycles. The molecule has 1 aliphatic carbocycles. The highest BCUT2D eigenvalue weighted by Gasteiger charge is 2.48. The summed E-state index contributed by atoms with van der Waals surface area (Å²) in [5.74, 6) is -0.126. The molecule has 2 rings (SSSR count). The minimum atomic E-state index is -1.79. The Kier molecular flexibility index (Phi) is 11.6. The number of unbranched alkanes of at least 4 members (excludes halogenated alkanes) is 1. The van der Waals surface area contributed by atoms with E-state index < -0.39 is 8.32 Å². The van der Waals surface area contributed by atoms with Crippen LogP contribution < -0.4 is 0 Å². The molecule has 0 spiro atoms. The zero-order chi connectivity index (χ0) is 25.4. The number of ether oxygens (including phenoxy) is 1. The van der Waals surface area contributed by atoms with Gasteiger partial charge in [-0.25, -0.2) is 0 Å². The Bertz CT molecular complexity index is 651. The summed E-state index contributed by atoms with van der Waals surface area (Å²) < 4.78 is 11.8. The van der Waals surface area contributed by atoms with Crippen LogP contribution in [0.4, 0.5) is 0 Å². The maximum atomic E-state index is 11.2. The molecule has 0 bridgehead atoms. The molecule has 34 heavy (non-hydrogen) atoms. The van der Waals surface area contributed by atoms with Crippen molar-refractivity contribution in [2.45, 2.75) is 134 Å². The van der Waals surface area contributed by atoms with Gasteiger partial charge in [-0.1, -0.05) is 46.3 Å². The fourth-order valence-corrected chi connectivity index (χ4v) is 7.10. The maximum Gasteiger partial charge on any atom is 0.305 e. The summed E-state index contributed by atoms with van der Waals surface area (Å²) >= 11 is 6.72. The Morgan fingerprint density at radius 3 is 2.50 bits per heavy atom. The van der Waals surface area contributed by atoms with Crippen molar-refractivity contribution >= 4 is 25.9 Å². The van der Waals surface area contributed by atoms with Gasteiger partial charge >= 0.3 is 5.97 Å². The summed E-state index contributed by atoms with van der Waals surface area (Å²) in [6.07, 6.45) is 16.8. The molecular weight excluding hydrogens is 462 g/mol. The van der Waals surface area contributed by atoms with Crippen molar-refractivity contribution < 1.29 is 14.0 Å². The fraction of sp³-hybridized carbons (Fsp3) is 0.893. The molecule has 3 atom stereocenters. The lowest BCUT2D eigenvalue weighted by Gasteiger charge is -2.51. The van der Waals surface area contributed by atoms with Crippen molar-refractivity contribution in [3.63, 3.8) is 0 Å². The molecular formula is C28H52ClNO3Si. The van der Waals surface area contributed by atoms with E-state index in [-0.39, 0.29) is 16.4 Å². The third-order valence-electron chi connectivity index (χ3n) is 8.99. The predicted molar refractivity (Wildman–Crippen MR) is 147 cm³/mol. The molecule has 6 heteroatoms. The molecule has 0 amide bonds. The second-order valence-corrected chi connectivity index (χ2v) is 17.5. The molecule has 0 N–H and O–H groups in total. The van der Waals surface area contributed by atoms with E-state index in [0.29, 0.717) is 24.0 Å². The monoisotopic (exact) mass is 513 g/mol. The summed E-state index contributed by atoms with van der Waals surface area (Å²) in [7, 11) is -0.346. The number of esters is 1. The lowest BCUT2D eigenvalue weighted by Crippen LogP contribution is -2.51. The van der Waals surface area contributed by atoms with Gasteiger partial charge in [-0.05, 0) is 94.4 Å². The molecule has 2 fully saturated rings. The molecule has 1 unspecified atom stereocenters. The molecule has 1 aliphatic heterocycles. The number of carbonyl (C=O) groups excluding carboxylic acids is 1. The van der Waals surface area contributed by atoms with Gasteiger partial charge in [0, 0.05) is 12.5 Å². The van der Waals surface area contributed by atoms with E-state index in [1.165, 1.54) is 45.6 Å². The van der Waals surface area contributed by atoms with Crippen LogP contribution in [-0.4, -0.2) is 56.9 Å². The van der Waals surface area contributed by atoms with Crippen LogP contribution in [0.1, 0.15) is 98.3 Å². The van der Waals surface area contributed by atoms with E-state index in [0.717, 1.165) is 38.8 Å². The Hall–Kier alpha value is -0.363. The number of hydrogen-bond acceptors (Lipinski definition) is 4. The third kappa shape index (κ3) is 8.08. The molecule has 4 nitrogen and oxygen atoms in total. The van der Waals surface area contributed by atoms with Crippen LogP contribution in [-0.2, 0) is 14.0 Å². The normalized spacial score (nSPS) is 24.4. The summed E-state index contributed by atoms with van der Waals surface area (Å²) in [6, 6.07) is 0.419. The second-order valence-electron chi connectivity index (χ2n) is 12.2. The van der Waals surface area contributed by atoms with Crippen LogP contribution in [0.25, 0.3) is 0 Å². The van der Waals surface area contributed by atoms with Crippen LogP contribution in [0.3, 0.4) is 0 Å². The van der Waals surface area contributed by atoms with Crippen LogP contribution >= 0.6 is 11.6 Å². The molecule has 198 valence electrons. The number of nitrogens with zero attached hydrogens (tertiary/aromatic N) is 1. The number of halogens is 1. The van der Waals surface area contributed by atoms with Gasteiger partial charge < -0.3 is 9.16 Å². The Labute approximate surface area is 216 Å². The first-order valence-electron chi connectivity index (χ1n) is 13.7. The van der Waals surface area contributed by atoms with Crippen molar-refractivity contribution in [3.05, 3.63) is 12.2 Å². The van der Waals surface area contributed by atoms with Crippen LogP contribution in [0, 0.1) is 5.41 Å². The second kappa shape index (κ2) is 13.3.